The van der Waals surface area contributed by atoms with Crippen LogP contribution in [0.15, 0.2) is 18.2 Å². The summed E-state index contributed by atoms with van der Waals surface area (Å²) in [4.78, 5) is 24.2. The molecule has 0 N–H and O–H groups in total. The van der Waals surface area contributed by atoms with E-state index in [4.69, 9.17) is 16.3 Å². The Labute approximate surface area is 119 Å². The average molecular weight is 331 g/mol. The van der Waals surface area contributed by atoms with Gasteiger partial charge in [-0.3, -0.25) is 4.79 Å². The van der Waals surface area contributed by atoms with Crippen LogP contribution in [0.1, 0.15) is 22.3 Å². The molecule has 5 heteroatoms. The van der Waals surface area contributed by atoms with Gasteiger partial charge in [0.05, 0.1) is 0 Å². The van der Waals surface area contributed by atoms with Gasteiger partial charge >= 0.3 is 5.97 Å². The first-order valence-corrected chi connectivity index (χ1v) is 6.65. The van der Waals surface area contributed by atoms with E-state index in [-0.39, 0.29) is 12.4 Å². The number of hydrogen-bond donors (Lipinski definition) is 0. The van der Waals surface area contributed by atoms with Crippen molar-refractivity contribution in [1.29, 1.82) is 0 Å². The number of alkyl halides is 1. The van der Waals surface area contributed by atoms with Gasteiger partial charge in [-0.1, -0.05) is 33.6 Å². The standard InChI is InChI=1S/C13H11BrClO3/c1-2-18-12(17)13(14)6-5-8-3-4-9(15)7-10(8)11(13)16/h3-4,7H,1-2,5-6H2/q+1. The summed E-state index contributed by atoms with van der Waals surface area (Å²) in [6.45, 7) is 3.44. The minimum Gasteiger partial charge on any atom is -0.422 e. The molecule has 1 atom stereocenters. The van der Waals surface area contributed by atoms with Crippen LogP contribution in [0.3, 0.4) is 0 Å². The van der Waals surface area contributed by atoms with E-state index in [1.54, 1.807) is 12.1 Å². The number of Topliss-reactive ketones (excluding diaryl/α,β-unsaturated/α-hetero) is 1. The van der Waals surface area contributed by atoms with Gasteiger partial charge in [-0.25, -0.2) is 4.79 Å². The Balaban J connectivity index is 2.41. The maximum Gasteiger partial charge on any atom is 0.334 e. The van der Waals surface area contributed by atoms with Gasteiger partial charge in [-0.2, -0.15) is 0 Å². The molecule has 1 aliphatic rings. The number of benzene rings is 1. The number of fused-ring (bicyclic) bond motifs is 1. The molecule has 0 heterocycles. The molecule has 1 aromatic rings. The summed E-state index contributed by atoms with van der Waals surface area (Å²) in [6.07, 6.45) is 0.995. The van der Waals surface area contributed by atoms with Crippen molar-refractivity contribution in [2.45, 2.75) is 17.2 Å². The maximum atomic E-state index is 12.4. The Morgan fingerprint density at radius 2 is 2.28 bits per heavy atom. The molecule has 0 spiro atoms. The third-order valence-corrected chi connectivity index (χ3v) is 4.29. The van der Waals surface area contributed by atoms with E-state index in [0.29, 0.717) is 23.4 Å². The first kappa shape index (κ1) is 13.4. The van der Waals surface area contributed by atoms with Gasteiger partial charge in [0.2, 0.25) is 6.61 Å². The molecule has 94 valence electrons. The van der Waals surface area contributed by atoms with Gasteiger partial charge in [-0.15, -0.1) is 0 Å². The summed E-state index contributed by atoms with van der Waals surface area (Å²) in [6, 6.07) is 5.14. The highest BCUT2D eigenvalue weighted by atomic mass is 79.9. The Hall–Kier alpha value is -1.00. The average Bonchev–Trinajstić information content (AvgIpc) is 2.35. The zero-order valence-electron chi connectivity index (χ0n) is 9.54. The van der Waals surface area contributed by atoms with Crippen LogP contribution in [-0.2, 0) is 16.0 Å². The molecule has 1 aromatic carbocycles. The van der Waals surface area contributed by atoms with Gasteiger partial charge in [0.15, 0.2) is 10.1 Å². The summed E-state index contributed by atoms with van der Waals surface area (Å²) >= 11 is 9.11. The number of ether oxygens (including phenoxy) is 1. The fourth-order valence-electron chi connectivity index (χ4n) is 2.01. The van der Waals surface area contributed by atoms with Crippen molar-refractivity contribution in [3.05, 3.63) is 41.3 Å². The molecule has 0 saturated carbocycles. The summed E-state index contributed by atoms with van der Waals surface area (Å²) in [7, 11) is 0. The minimum absolute atomic E-state index is 0.00185. The van der Waals surface area contributed by atoms with Gasteiger partial charge in [-0.05, 0) is 30.5 Å². The fraction of sp³-hybridized carbons (Fsp3) is 0.308. The zero-order chi connectivity index (χ0) is 13.3. The van der Waals surface area contributed by atoms with Crippen molar-refractivity contribution in [1.82, 2.24) is 0 Å². The van der Waals surface area contributed by atoms with Crippen molar-refractivity contribution in [3.63, 3.8) is 0 Å². The lowest BCUT2D eigenvalue weighted by Gasteiger charge is -2.28. The molecule has 18 heavy (non-hydrogen) atoms. The van der Waals surface area contributed by atoms with Crippen molar-refractivity contribution in [3.8, 4) is 0 Å². The van der Waals surface area contributed by atoms with Crippen LogP contribution >= 0.6 is 27.5 Å². The molecular formula is C13H11BrClO3+. The van der Waals surface area contributed by atoms with Crippen LogP contribution in [0.2, 0.25) is 5.02 Å². The molecule has 0 aliphatic heterocycles. The first-order valence-electron chi connectivity index (χ1n) is 5.47. The minimum atomic E-state index is -1.30. The van der Waals surface area contributed by atoms with Crippen molar-refractivity contribution in [2.24, 2.45) is 0 Å². The highest BCUT2D eigenvalue weighted by molar-refractivity contribution is 9.10. The summed E-state index contributed by atoms with van der Waals surface area (Å²) in [5, 5.41) is 0.476. The highest BCUT2D eigenvalue weighted by Gasteiger charge is 2.48. The SMILES string of the molecule is [CH2+]COC(=O)C1(Br)CCc2ccc(Cl)cc2C1=O. The van der Waals surface area contributed by atoms with Crippen LogP contribution in [0.25, 0.3) is 0 Å². The predicted octanol–water partition coefficient (Wildman–Crippen LogP) is 2.98. The predicted molar refractivity (Wildman–Crippen MR) is 72.1 cm³/mol. The topological polar surface area (TPSA) is 43.4 Å². The molecule has 0 aromatic heterocycles. The summed E-state index contributed by atoms with van der Waals surface area (Å²) in [5.41, 5.74) is 1.38. The Morgan fingerprint density at radius 1 is 1.56 bits per heavy atom. The number of halogens is 2. The van der Waals surface area contributed by atoms with E-state index < -0.39 is 10.3 Å². The molecule has 0 fully saturated rings. The Bertz CT molecular complexity index is 515. The lowest BCUT2D eigenvalue weighted by Crippen LogP contribution is -2.45. The van der Waals surface area contributed by atoms with E-state index in [1.165, 1.54) is 0 Å². The zero-order valence-corrected chi connectivity index (χ0v) is 11.9. The molecule has 3 nitrogen and oxygen atoms in total. The second-order valence-corrected chi connectivity index (χ2v) is 5.86. The van der Waals surface area contributed by atoms with Gasteiger partial charge in [0.1, 0.15) is 6.92 Å². The molecule has 2 rings (SSSR count). The third-order valence-electron chi connectivity index (χ3n) is 2.97. The Kier molecular flexibility index (Phi) is 3.69. The highest BCUT2D eigenvalue weighted by Crippen LogP contribution is 2.37. The smallest absolute Gasteiger partial charge is 0.334 e. The van der Waals surface area contributed by atoms with E-state index >= 15 is 0 Å². The van der Waals surface area contributed by atoms with Crippen LogP contribution in [-0.4, -0.2) is 22.7 Å². The van der Waals surface area contributed by atoms with Crippen molar-refractivity contribution in [2.75, 3.05) is 6.61 Å². The molecule has 1 aliphatic carbocycles. The first-order chi connectivity index (χ1) is 8.49. The summed E-state index contributed by atoms with van der Waals surface area (Å²) < 4.78 is 3.55. The molecule has 0 radical (unpaired) electrons. The molecule has 0 bridgehead atoms. The van der Waals surface area contributed by atoms with Gasteiger partial charge in [0.25, 0.3) is 0 Å². The molecule has 1 unspecified atom stereocenters. The largest absolute Gasteiger partial charge is 0.422 e. The number of rotatable bonds is 2. The number of carbonyl (C=O) groups excluding carboxylic acids is 2. The third kappa shape index (κ3) is 2.15. The molecule has 0 amide bonds. The van der Waals surface area contributed by atoms with E-state index in [9.17, 15) is 9.59 Å². The van der Waals surface area contributed by atoms with Crippen LogP contribution in [0.4, 0.5) is 0 Å². The molecule has 0 saturated heterocycles. The lowest BCUT2D eigenvalue weighted by molar-refractivity contribution is -0.143. The van der Waals surface area contributed by atoms with Crippen LogP contribution in [0, 0.1) is 6.92 Å². The number of ketones is 1. The quantitative estimate of drug-likeness (QED) is 0.362. The van der Waals surface area contributed by atoms with Crippen LogP contribution in [0.5, 0.6) is 0 Å². The summed E-state index contributed by atoms with van der Waals surface area (Å²) in [5.74, 6) is -0.891. The van der Waals surface area contributed by atoms with E-state index in [1.807, 2.05) is 6.07 Å². The monoisotopic (exact) mass is 329 g/mol. The second-order valence-electron chi connectivity index (χ2n) is 4.07. The van der Waals surface area contributed by atoms with E-state index in [0.717, 1.165) is 5.56 Å². The van der Waals surface area contributed by atoms with Crippen molar-refractivity contribution >= 4 is 39.3 Å². The van der Waals surface area contributed by atoms with Gasteiger partial charge in [0, 0.05) is 10.6 Å². The van der Waals surface area contributed by atoms with Crippen molar-refractivity contribution < 1.29 is 14.3 Å². The number of esters is 1. The second kappa shape index (κ2) is 4.94. The van der Waals surface area contributed by atoms with E-state index in [2.05, 4.69) is 22.9 Å². The number of aryl methyl sites for hydroxylation is 1. The number of hydrogen-bond acceptors (Lipinski definition) is 3. The van der Waals surface area contributed by atoms with Gasteiger partial charge < -0.3 is 4.74 Å². The lowest BCUT2D eigenvalue weighted by atomic mass is 9.82. The van der Waals surface area contributed by atoms with Crippen LogP contribution < -0.4 is 0 Å². The normalized spacial score (nSPS) is 22.4. The number of carbonyl (C=O) groups is 2. The fourth-order valence-corrected chi connectivity index (χ4v) is 2.71. The molecular weight excluding hydrogens is 319 g/mol. The maximum absolute atomic E-state index is 12.4. The Morgan fingerprint density at radius 3 is 2.94 bits per heavy atom.